The maximum Gasteiger partial charge on any atom is 0.300 e. The Morgan fingerprint density at radius 2 is 1.79 bits per heavy atom. The minimum Gasteiger partial charge on any atom is -0.481 e. The number of carbonyl (C=O) groups is 3. The number of amides is 2. The van der Waals surface area contributed by atoms with Crippen LogP contribution in [0.4, 0.5) is 5.69 Å². The second-order valence-electron chi connectivity index (χ2n) is 7.16. The summed E-state index contributed by atoms with van der Waals surface area (Å²) in [6, 6.07) is 5.49. The zero-order chi connectivity index (χ0) is 24.9. The third-order valence-electron chi connectivity index (χ3n) is 4.61. The summed E-state index contributed by atoms with van der Waals surface area (Å²) in [4.78, 5) is 38.1. The van der Waals surface area contributed by atoms with E-state index in [1.54, 1.807) is 11.0 Å². The fraction of sp³-hybridized carbons (Fsp3) is 0.400. The van der Waals surface area contributed by atoms with Crippen LogP contribution in [0.15, 0.2) is 27.6 Å². The third kappa shape index (κ3) is 7.09. The van der Waals surface area contributed by atoms with Crippen LogP contribution in [-0.2, 0) is 24.5 Å². The van der Waals surface area contributed by atoms with E-state index in [1.165, 1.54) is 0 Å². The van der Waals surface area contributed by atoms with E-state index >= 15 is 0 Å². The summed E-state index contributed by atoms with van der Waals surface area (Å²) < 4.78 is 32.0. The van der Waals surface area contributed by atoms with E-state index < -0.39 is 27.7 Å². The second kappa shape index (κ2) is 11.6. The highest BCUT2D eigenvalue weighted by Gasteiger charge is 2.42. The van der Waals surface area contributed by atoms with Gasteiger partial charge in [0.2, 0.25) is 0 Å². The predicted octanol–water partition coefficient (Wildman–Crippen LogP) is 3.54. The number of thioether (sulfide) groups is 1. The van der Waals surface area contributed by atoms with Gasteiger partial charge < -0.3 is 10.0 Å². The molecule has 2 amide bonds. The smallest absolute Gasteiger partial charge is 0.300 e. The molecule has 1 aromatic carbocycles. The van der Waals surface area contributed by atoms with Crippen LogP contribution in [0.1, 0.15) is 38.7 Å². The van der Waals surface area contributed by atoms with Gasteiger partial charge in [0, 0.05) is 30.0 Å². The van der Waals surface area contributed by atoms with Crippen molar-refractivity contribution < 1.29 is 32.5 Å². The molecule has 1 aromatic rings. The Hall–Kier alpha value is -1.80. The number of carboxylic acids is 1. The molecular weight excluding hydrogens is 556 g/mol. The molecule has 0 bridgehead atoms. The molecule has 13 heteroatoms. The van der Waals surface area contributed by atoms with Gasteiger partial charge in [-0.3, -0.25) is 23.8 Å². The van der Waals surface area contributed by atoms with E-state index in [9.17, 15) is 18.0 Å². The van der Waals surface area contributed by atoms with Crippen molar-refractivity contribution in [2.24, 2.45) is 0 Å². The van der Waals surface area contributed by atoms with Crippen molar-refractivity contribution in [1.82, 2.24) is 4.90 Å². The number of aliphatic carboxylic acids is 1. The molecule has 180 valence electrons. The topological polar surface area (TPSA) is 132 Å². The molecule has 2 heterocycles. The van der Waals surface area contributed by atoms with Gasteiger partial charge in [-0.25, -0.2) is 0 Å². The molecule has 1 saturated heterocycles. The van der Waals surface area contributed by atoms with E-state index in [-0.39, 0.29) is 27.3 Å². The van der Waals surface area contributed by atoms with Gasteiger partial charge in [-0.2, -0.15) is 8.42 Å². The SMILES string of the molecule is CC(=O)O.CCCCCN1C(=O)/C(=C2/SC(=S)N(CCS(=O)(=O)O)C2=O)c2cc(Br)ccc21. The van der Waals surface area contributed by atoms with Gasteiger partial charge in [0.1, 0.15) is 4.32 Å². The first-order valence-corrected chi connectivity index (χ1v) is 13.5. The summed E-state index contributed by atoms with van der Waals surface area (Å²) in [7, 11) is -4.24. The Morgan fingerprint density at radius 3 is 2.36 bits per heavy atom. The highest BCUT2D eigenvalue weighted by Crippen LogP contribution is 2.45. The lowest BCUT2D eigenvalue weighted by atomic mass is 10.1. The summed E-state index contributed by atoms with van der Waals surface area (Å²) >= 11 is 9.62. The molecule has 0 aromatic heterocycles. The van der Waals surface area contributed by atoms with Crippen LogP contribution in [-0.4, -0.2) is 63.9 Å². The van der Waals surface area contributed by atoms with Crippen molar-refractivity contribution in [1.29, 1.82) is 0 Å². The monoisotopic (exact) mass is 578 g/mol. The number of hydrogen-bond acceptors (Lipinski definition) is 7. The van der Waals surface area contributed by atoms with Crippen molar-refractivity contribution in [2.75, 3.05) is 23.7 Å². The number of fused-ring (bicyclic) bond motifs is 1. The van der Waals surface area contributed by atoms with Crippen molar-refractivity contribution in [3.05, 3.63) is 33.1 Å². The molecule has 2 aliphatic rings. The standard InChI is InChI=1S/C18H19BrN2O5S3.C2H4O2/c1-2-3-4-7-20-13-6-5-11(19)10-12(13)14(16(20)22)15-17(23)21(18(27)28-15)8-9-29(24,25)26;1-2(3)4/h5-6,10H,2-4,7-9H2,1H3,(H,24,25,26);1H3,(H,3,4)/b15-14+;. The number of halogens is 1. The molecule has 33 heavy (non-hydrogen) atoms. The van der Waals surface area contributed by atoms with E-state index in [2.05, 4.69) is 22.9 Å². The maximum absolute atomic E-state index is 13.2. The number of nitrogens with zero attached hydrogens (tertiary/aromatic N) is 2. The molecule has 9 nitrogen and oxygen atoms in total. The Balaban J connectivity index is 0.000000890. The van der Waals surface area contributed by atoms with Gasteiger partial charge in [0.25, 0.3) is 27.9 Å². The minimum absolute atomic E-state index is 0.162. The summed E-state index contributed by atoms with van der Waals surface area (Å²) in [5.41, 5.74) is 1.67. The van der Waals surface area contributed by atoms with Crippen molar-refractivity contribution >= 4 is 83.4 Å². The van der Waals surface area contributed by atoms with Crippen LogP contribution in [0.3, 0.4) is 0 Å². The van der Waals surface area contributed by atoms with Crippen LogP contribution in [0.5, 0.6) is 0 Å². The van der Waals surface area contributed by atoms with Gasteiger partial charge in [-0.1, -0.05) is 59.7 Å². The largest absolute Gasteiger partial charge is 0.481 e. The molecular formula is C20H23BrN2O7S3. The van der Waals surface area contributed by atoms with Crippen LogP contribution >= 0.6 is 39.9 Å². The summed E-state index contributed by atoms with van der Waals surface area (Å²) in [5.74, 6) is -2.24. The third-order valence-corrected chi connectivity index (χ3v) is 7.25. The molecule has 0 radical (unpaired) electrons. The Labute approximate surface area is 210 Å². The first-order valence-electron chi connectivity index (χ1n) is 9.91. The van der Waals surface area contributed by atoms with Gasteiger partial charge in [0.15, 0.2) is 0 Å². The minimum atomic E-state index is -4.24. The van der Waals surface area contributed by atoms with E-state index in [1.807, 2.05) is 12.1 Å². The lowest BCUT2D eigenvalue weighted by Crippen LogP contribution is -2.33. The van der Waals surface area contributed by atoms with Gasteiger partial charge in [-0.05, 0) is 24.6 Å². The summed E-state index contributed by atoms with van der Waals surface area (Å²) in [6.45, 7) is 3.45. The van der Waals surface area contributed by atoms with Crippen molar-refractivity contribution in [3.63, 3.8) is 0 Å². The molecule has 2 aliphatic heterocycles. The Morgan fingerprint density at radius 1 is 1.15 bits per heavy atom. The van der Waals surface area contributed by atoms with Crippen molar-refractivity contribution in [2.45, 2.75) is 33.1 Å². The zero-order valence-electron chi connectivity index (χ0n) is 17.9. The predicted molar refractivity (Wildman–Crippen MR) is 135 cm³/mol. The number of carbonyl (C=O) groups excluding carboxylic acids is 2. The van der Waals surface area contributed by atoms with E-state index in [0.29, 0.717) is 12.1 Å². The van der Waals surface area contributed by atoms with Crippen LogP contribution in [0.2, 0.25) is 0 Å². The van der Waals surface area contributed by atoms with Crippen molar-refractivity contribution in [3.8, 4) is 0 Å². The Kier molecular flexibility index (Phi) is 9.61. The fourth-order valence-electron chi connectivity index (χ4n) is 3.21. The lowest BCUT2D eigenvalue weighted by Gasteiger charge is -2.16. The molecule has 0 atom stereocenters. The second-order valence-corrected chi connectivity index (χ2v) is 11.3. The number of hydrogen-bond donors (Lipinski definition) is 2. The van der Waals surface area contributed by atoms with Gasteiger partial charge >= 0.3 is 0 Å². The average Bonchev–Trinajstić information content (AvgIpc) is 3.11. The highest BCUT2D eigenvalue weighted by atomic mass is 79.9. The van der Waals surface area contributed by atoms with Crippen LogP contribution in [0.25, 0.3) is 5.57 Å². The molecule has 0 unspecified atom stereocenters. The normalized spacial score (nSPS) is 17.9. The van der Waals surface area contributed by atoms with Gasteiger partial charge in [-0.15, -0.1) is 0 Å². The first kappa shape index (κ1) is 27.4. The molecule has 0 aliphatic carbocycles. The molecule has 1 fully saturated rings. The lowest BCUT2D eigenvalue weighted by molar-refractivity contribution is -0.134. The maximum atomic E-state index is 13.2. The number of rotatable bonds is 7. The van der Waals surface area contributed by atoms with E-state index in [4.69, 9.17) is 26.7 Å². The average molecular weight is 580 g/mol. The summed E-state index contributed by atoms with van der Waals surface area (Å²) in [5, 5.41) is 7.42. The zero-order valence-corrected chi connectivity index (χ0v) is 21.9. The highest BCUT2D eigenvalue weighted by molar-refractivity contribution is 9.10. The number of unbranched alkanes of at least 4 members (excludes halogenated alkanes) is 2. The number of benzene rings is 1. The molecule has 2 N–H and O–H groups in total. The molecule has 0 saturated carbocycles. The number of anilines is 1. The molecule has 3 rings (SSSR count). The fourth-order valence-corrected chi connectivity index (χ4v) is 5.37. The Bertz CT molecular complexity index is 1110. The summed E-state index contributed by atoms with van der Waals surface area (Å²) in [6.07, 6.45) is 2.86. The quantitative estimate of drug-likeness (QED) is 0.216. The first-order chi connectivity index (χ1) is 15.4. The number of carboxylic acid groups (broad SMARTS) is 1. The molecule has 0 spiro atoms. The van der Waals surface area contributed by atoms with Gasteiger partial charge in [0.05, 0.1) is 21.9 Å². The van der Waals surface area contributed by atoms with Crippen LogP contribution < -0.4 is 4.90 Å². The van der Waals surface area contributed by atoms with Crippen LogP contribution in [0, 0.1) is 0 Å². The van der Waals surface area contributed by atoms with E-state index in [0.717, 1.165) is 53.0 Å². The number of thiocarbonyl (C=S) groups is 1.